The summed E-state index contributed by atoms with van der Waals surface area (Å²) < 4.78 is 60.2. The summed E-state index contributed by atoms with van der Waals surface area (Å²) in [5.74, 6) is 0. The lowest BCUT2D eigenvalue weighted by atomic mass is 10.2. The highest BCUT2D eigenvalue weighted by Gasteiger charge is 2.36. The summed E-state index contributed by atoms with van der Waals surface area (Å²) >= 11 is 0. The maximum absolute atomic E-state index is 10.7. The van der Waals surface area contributed by atoms with Crippen molar-refractivity contribution in [2.75, 3.05) is 26.7 Å². The van der Waals surface area contributed by atoms with E-state index in [1.54, 1.807) is 0 Å². The number of hydrogen-bond donors (Lipinski definition) is 0. The highest BCUT2D eigenvalue weighted by Crippen LogP contribution is 2.20. The lowest BCUT2D eigenvalue weighted by molar-refractivity contribution is -0.910. The van der Waals surface area contributed by atoms with Crippen LogP contribution in [0.1, 0.15) is 59.3 Å². The lowest BCUT2D eigenvalue weighted by Crippen LogP contribution is -2.46. The molecule has 22 heavy (non-hydrogen) atoms. The topological polar surface area (TPSA) is 57.2 Å². The van der Waals surface area contributed by atoms with E-state index in [9.17, 15) is 13.2 Å². The van der Waals surface area contributed by atoms with E-state index in [0.717, 1.165) is 0 Å². The van der Waals surface area contributed by atoms with Gasteiger partial charge < -0.3 is 9.04 Å². The molecule has 0 atom stereocenters. The molecule has 8 heteroatoms. The molecule has 0 radical (unpaired) electrons. The van der Waals surface area contributed by atoms with Crippen LogP contribution in [0.15, 0.2) is 0 Å². The Kier molecular flexibility index (Phi) is 12.2. The standard InChI is InChI=1S/C13H30N.CHF3O3S/c1-5-8-11-14(4,12-9-6-2)13-10-7-3;2-1(3,4)8(5,6)7/h5-13H2,1-4H3;(H,5,6,7)/q+1;/p-1. The van der Waals surface area contributed by atoms with Gasteiger partial charge in [-0.15, -0.1) is 0 Å². The van der Waals surface area contributed by atoms with Crippen LogP contribution in [0.5, 0.6) is 0 Å². The molecule has 0 aliphatic carbocycles. The van der Waals surface area contributed by atoms with Crippen LogP contribution in [-0.2, 0) is 10.1 Å². The molecule has 0 amide bonds. The predicted molar refractivity (Wildman–Crippen MR) is 81.3 cm³/mol. The van der Waals surface area contributed by atoms with Crippen molar-refractivity contribution in [1.29, 1.82) is 0 Å². The summed E-state index contributed by atoms with van der Waals surface area (Å²) in [4.78, 5) is 0. The molecule has 0 unspecified atom stereocenters. The minimum atomic E-state index is -6.09. The Hall–Kier alpha value is -0.340. The third-order valence-electron chi connectivity index (χ3n) is 3.44. The maximum Gasteiger partial charge on any atom is 0.485 e. The van der Waals surface area contributed by atoms with Crippen molar-refractivity contribution in [3.05, 3.63) is 0 Å². The monoisotopic (exact) mass is 349 g/mol. The van der Waals surface area contributed by atoms with E-state index < -0.39 is 15.6 Å². The number of halogens is 3. The van der Waals surface area contributed by atoms with Crippen LogP contribution >= 0.6 is 0 Å². The molecule has 0 spiro atoms. The van der Waals surface area contributed by atoms with Crippen LogP contribution in [0.25, 0.3) is 0 Å². The van der Waals surface area contributed by atoms with Gasteiger partial charge in [0.15, 0.2) is 10.1 Å². The summed E-state index contributed by atoms with van der Waals surface area (Å²) in [6.45, 7) is 11.0. The van der Waals surface area contributed by atoms with Crippen molar-refractivity contribution in [2.24, 2.45) is 0 Å². The molecule has 0 aromatic carbocycles. The minimum absolute atomic E-state index is 1.32. The van der Waals surface area contributed by atoms with E-state index in [0.29, 0.717) is 0 Å². The Bertz CT molecular complexity index is 348. The molecule has 136 valence electrons. The Labute approximate surface area is 133 Å². The average molecular weight is 349 g/mol. The zero-order valence-corrected chi connectivity index (χ0v) is 14.9. The van der Waals surface area contributed by atoms with Crippen LogP contribution < -0.4 is 0 Å². The summed E-state index contributed by atoms with van der Waals surface area (Å²) in [5.41, 5.74) is -5.65. The fourth-order valence-corrected chi connectivity index (χ4v) is 1.95. The van der Waals surface area contributed by atoms with Gasteiger partial charge in [0.2, 0.25) is 0 Å². The fourth-order valence-electron chi connectivity index (χ4n) is 1.95. The van der Waals surface area contributed by atoms with Crippen LogP contribution in [-0.4, -0.2) is 49.6 Å². The Morgan fingerprint density at radius 2 is 1.09 bits per heavy atom. The first-order valence-electron chi connectivity index (χ1n) is 7.79. The summed E-state index contributed by atoms with van der Waals surface area (Å²) in [6, 6.07) is 0. The smallest absolute Gasteiger partial charge is 0.485 e. The zero-order valence-electron chi connectivity index (χ0n) is 14.1. The SMILES string of the molecule is CCCC[N+](C)(CCCC)CCCC.O=S(=O)([O-])C(F)(F)F. The van der Waals surface area contributed by atoms with Gasteiger partial charge in [-0.1, -0.05) is 40.0 Å². The van der Waals surface area contributed by atoms with Gasteiger partial charge in [0.25, 0.3) is 0 Å². The molecule has 0 aliphatic heterocycles. The molecule has 4 nitrogen and oxygen atoms in total. The maximum atomic E-state index is 10.7. The first-order valence-corrected chi connectivity index (χ1v) is 9.20. The second kappa shape index (κ2) is 11.2. The van der Waals surface area contributed by atoms with Crippen molar-refractivity contribution < 1.29 is 30.6 Å². The molecule has 0 bridgehead atoms. The lowest BCUT2D eigenvalue weighted by Gasteiger charge is -2.34. The molecule has 0 aromatic rings. The number of unbranched alkanes of at least 4 members (excludes halogenated alkanes) is 3. The normalized spacial score (nSPS) is 12.7. The van der Waals surface area contributed by atoms with Crippen LogP contribution in [0, 0.1) is 0 Å². The van der Waals surface area contributed by atoms with E-state index in [-0.39, 0.29) is 0 Å². The third-order valence-corrected chi connectivity index (χ3v) is 4.00. The quantitative estimate of drug-likeness (QED) is 0.360. The van der Waals surface area contributed by atoms with Crippen LogP contribution in [0.4, 0.5) is 13.2 Å². The van der Waals surface area contributed by atoms with Gasteiger partial charge in [-0.2, -0.15) is 13.2 Å². The van der Waals surface area contributed by atoms with Crippen LogP contribution in [0.3, 0.4) is 0 Å². The molecule has 0 fully saturated rings. The van der Waals surface area contributed by atoms with E-state index in [2.05, 4.69) is 27.8 Å². The molecule has 0 heterocycles. The molecular formula is C14H30F3NO3S. The van der Waals surface area contributed by atoms with Gasteiger partial charge in [0.05, 0.1) is 26.7 Å². The fraction of sp³-hybridized carbons (Fsp3) is 1.00. The number of nitrogens with zero attached hydrogens (tertiary/aromatic N) is 1. The Balaban J connectivity index is 0. The first-order chi connectivity index (χ1) is 9.93. The van der Waals surface area contributed by atoms with E-state index in [1.807, 2.05) is 0 Å². The van der Waals surface area contributed by atoms with Gasteiger partial charge >= 0.3 is 5.51 Å². The van der Waals surface area contributed by atoms with E-state index >= 15 is 0 Å². The van der Waals surface area contributed by atoms with Gasteiger partial charge in [-0.3, -0.25) is 0 Å². The molecule has 0 saturated carbocycles. The summed E-state index contributed by atoms with van der Waals surface area (Å²) in [5, 5.41) is 0. The van der Waals surface area contributed by atoms with Gasteiger partial charge in [-0.25, -0.2) is 8.42 Å². The minimum Gasteiger partial charge on any atom is -0.741 e. The van der Waals surface area contributed by atoms with E-state index in [4.69, 9.17) is 13.0 Å². The Morgan fingerprint density at radius 1 is 0.864 bits per heavy atom. The van der Waals surface area contributed by atoms with Gasteiger partial charge in [-0.05, 0) is 19.3 Å². The molecule has 0 rings (SSSR count). The molecule has 0 aromatic heterocycles. The number of hydrogen-bond acceptors (Lipinski definition) is 3. The zero-order chi connectivity index (χ0) is 17.9. The van der Waals surface area contributed by atoms with Crippen molar-refractivity contribution in [3.63, 3.8) is 0 Å². The summed E-state index contributed by atoms with van der Waals surface area (Å²) in [6.07, 6.45) is 8.20. The Morgan fingerprint density at radius 3 is 1.23 bits per heavy atom. The van der Waals surface area contributed by atoms with Crippen molar-refractivity contribution >= 4 is 10.1 Å². The number of alkyl halides is 3. The average Bonchev–Trinajstić information content (AvgIpc) is 2.39. The second-order valence-electron chi connectivity index (χ2n) is 5.75. The highest BCUT2D eigenvalue weighted by atomic mass is 32.2. The first kappa shape index (κ1) is 23.9. The molecular weight excluding hydrogens is 319 g/mol. The third kappa shape index (κ3) is 12.2. The van der Waals surface area contributed by atoms with Gasteiger partial charge in [0.1, 0.15) is 0 Å². The van der Waals surface area contributed by atoms with E-state index in [1.165, 1.54) is 62.6 Å². The second-order valence-corrected chi connectivity index (χ2v) is 7.12. The van der Waals surface area contributed by atoms with Gasteiger partial charge in [0, 0.05) is 0 Å². The molecule has 0 N–H and O–H groups in total. The number of rotatable bonds is 9. The number of quaternary nitrogens is 1. The van der Waals surface area contributed by atoms with Crippen LogP contribution in [0.2, 0.25) is 0 Å². The molecule has 0 aliphatic rings. The predicted octanol–water partition coefficient (Wildman–Crippen LogP) is 3.88. The largest absolute Gasteiger partial charge is 0.741 e. The van der Waals surface area contributed by atoms with Crippen molar-refractivity contribution in [3.8, 4) is 0 Å². The molecule has 0 saturated heterocycles. The highest BCUT2D eigenvalue weighted by molar-refractivity contribution is 7.86. The summed E-state index contributed by atoms with van der Waals surface area (Å²) in [7, 11) is -3.64. The van der Waals surface area contributed by atoms with Crippen molar-refractivity contribution in [1.82, 2.24) is 0 Å². The van der Waals surface area contributed by atoms with Crippen molar-refractivity contribution in [2.45, 2.75) is 64.8 Å².